The Morgan fingerprint density at radius 1 is 1.24 bits per heavy atom. The van der Waals surface area contributed by atoms with E-state index in [2.05, 4.69) is 5.32 Å². The molecule has 1 aliphatic heterocycles. The van der Waals surface area contributed by atoms with Crippen molar-refractivity contribution in [2.24, 2.45) is 17.6 Å². The van der Waals surface area contributed by atoms with Gasteiger partial charge in [-0.15, -0.1) is 12.4 Å². The summed E-state index contributed by atoms with van der Waals surface area (Å²) in [5, 5.41) is 2.89. The standard InChI is InChI=1S/C18H26FN3O2.ClH/c1-12(13(2)20)18(24)22-9-7-15(8-10-22)17(23)21-11-14-3-5-16(19)6-4-14;/h3-6,12-13,15H,7-11,20H2,1-2H3,(H,21,23);1H. The van der Waals surface area contributed by atoms with Gasteiger partial charge in [-0.1, -0.05) is 19.1 Å². The van der Waals surface area contributed by atoms with Gasteiger partial charge in [-0.05, 0) is 37.5 Å². The summed E-state index contributed by atoms with van der Waals surface area (Å²) in [5.41, 5.74) is 6.65. The Labute approximate surface area is 154 Å². The molecule has 1 heterocycles. The fourth-order valence-corrected chi connectivity index (χ4v) is 2.81. The van der Waals surface area contributed by atoms with Crippen LogP contribution in [0.4, 0.5) is 4.39 Å². The van der Waals surface area contributed by atoms with E-state index < -0.39 is 0 Å². The van der Waals surface area contributed by atoms with Crippen molar-refractivity contribution in [2.45, 2.75) is 39.3 Å². The zero-order chi connectivity index (χ0) is 17.7. The summed E-state index contributed by atoms with van der Waals surface area (Å²) in [6, 6.07) is 5.91. The lowest BCUT2D eigenvalue weighted by molar-refractivity contribution is -0.139. The first-order chi connectivity index (χ1) is 11.4. The Hall–Kier alpha value is -1.66. The molecule has 1 aliphatic rings. The van der Waals surface area contributed by atoms with E-state index in [-0.39, 0.29) is 47.9 Å². The predicted octanol–water partition coefficient (Wildman–Crippen LogP) is 2.09. The molecule has 25 heavy (non-hydrogen) atoms. The molecule has 7 heteroatoms. The van der Waals surface area contributed by atoms with Crippen LogP contribution in [0.1, 0.15) is 32.3 Å². The molecule has 1 saturated heterocycles. The number of nitrogens with one attached hydrogen (secondary N) is 1. The summed E-state index contributed by atoms with van der Waals surface area (Å²) in [6.07, 6.45) is 1.32. The normalized spacial score (nSPS) is 17.4. The first-order valence-electron chi connectivity index (χ1n) is 8.45. The van der Waals surface area contributed by atoms with Crippen LogP contribution in [0.2, 0.25) is 0 Å². The number of hydrogen-bond acceptors (Lipinski definition) is 3. The molecule has 2 amide bonds. The maximum Gasteiger partial charge on any atom is 0.226 e. The third-order valence-electron chi connectivity index (χ3n) is 4.74. The smallest absolute Gasteiger partial charge is 0.226 e. The quantitative estimate of drug-likeness (QED) is 0.832. The van der Waals surface area contributed by atoms with Crippen molar-refractivity contribution in [1.82, 2.24) is 10.2 Å². The number of piperidine rings is 1. The maximum atomic E-state index is 12.9. The minimum atomic E-state index is -0.289. The average Bonchev–Trinajstić information content (AvgIpc) is 2.59. The lowest BCUT2D eigenvalue weighted by Crippen LogP contribution is -2.47. The molecule has 5 nitrogen and oxygen atoms in total. The number of carbonyl (C=O) groups is 2. The molecule has 0 aliphatic carbocycles. The first kappa shape index (κ1) is 21.4. The van der Waals surface area contributed by atoms with E-state index >= 15 is 0 Å². The minimum absolute atomic E-state index is 0. The topological polar surface area (TPSA) is 75.4 Å². The molecule has 2 atom stereocenters. The molecule has 1 aromatic carbocycles. The lowest BCUT2D eigenvalue weighted by Gasteiger charge is -2.33. The molecular weight excluding hydrogens is 345 g/mol. The van der Waals surface area contributed by atoms with E-state index in [0.717, 1.165) is 5.56 Å². The van der Waals surface area contributed by atoms with Crippen LogP contribution in [-0.4, -0.2) is 35.8 Å². The van der Waals surface area contributed by atoms with Crippen molar-refractivity contribution >= 4 is 24.2 Å². The molecule has 0 spiro atoms. The van der Waals surface area contributed by atoms with Crippen LogP contribution in [0.15, 0.2) is 24.3 Å². The Balaban J connectivity index is 0.00000312. The average molecular weight is 372 g/mol. The van der Waals surface area contributed by atoms with Crippen molar-refractivity contribution < 1.29 is 14.0 Å². The molecule has 140 valence electrons. The Morgan fingerprint density at radius 2 is 1.80 bits per heavy atom. The highest BCUT2D eigenvalue weighted by molar-refractivity contribution is 5.85. The summed E-state index contributed by atoms with van der Waals surface area (Å²) >= 11 is 0. The van der Waals surface area contributed by atoms with Gasteiger partial charge in [0.25, 0.3) is 0 Å². The zero-order valence-electron chi connectivity index (χ0n) is 14.7. The van der Waals surface area contributed by atoms with E-state index in [0.29, 0.717) is 32.5 Å². The molecule has 2 rings (SSSR count). The van der Waals surface area contributed by atoms with Crippen molar-refractivity contribution in [3.8, 4) is 0 Å². The lowest BCUT2D eigenvalue weighted by atomic mass is 9.94. The van der Waals surface area contributed by atoms with Gasteiger partial charge in [0.2, 0.25) is 11.8 Å². The number of amides is 2. The van der Waals surface area contributed by atoms with Gasteiger partial charge in [0.1, 0.15) is 5.82 Å². The molecule has 0 aromatic heterocycles. The molecule has 2 unspecified atom stereocenters. The fourth-order valence-electron chi connectivity index (χ4n) is 2.81. The summed E-state index contributed by atoms with van der Waals surface area (Å²) in [4.78, 5) is 26.3. The highest BCUT2D eigenvalue weighted by Crippen LogP contribution is 2.20. The number of halogens is 2. The molecular formula is C18H27ClFN3O2. The summed E-state index contributed by atoms with van der Waals surface area (Å²) in [5.74, 6) is -0.515. The second kappa shape index (κ2) is 9.73. The van der Waals surface area contributed by atoms with Gasteiger partial charge in [-0.2, -0.15) is 0 Å². The van der Waals surface area contributed by atoms with Gasteiger partial charge in [0.05, 0.1) is 5.92 Å². The molecule has 0 radical (unpaired) electrons. The zero-order valence-corrected chi connectivity index (χ0v) is 15.5. The summed E-state index contributed by atoms with van der Waals surface area (Å²) < 4.78 is 12.9. The van der Waals surface area contributed by atoms with Crippen LogP contribution >= 0.6 is 12.4 Å². The Kier molecular flexibility index (Phi) is 8.32. The first-order valence-corrected chi connectivity index (χ1v) is 8.45. The van der Waals surface area contributed by atoms with Crippen LogP contribution in [0.5, 0.6) is 0 Å². The third-order valence-corrected chi connectivity index (χ3v) is 4.74. The van der Waals surface area contributed by atoms with E-state index in [9.17, 15) is 14.0 Å². The van der Waals surface area contributed by atoms with Crippen LogP contribution < -0.4 is 11.1 Å². The van der Waals surface area contributed by atoms with E-state index in [1.807, 2.05) is 13.8 Å². The number of carbonyl (C=O) groups excluding carboxylic acids is 2. The molecule has 1 fully saturated rings. The van der Waals surface area contributed by atoms with E-state index in [1.54, 1.807) is 17.0 Å². The number of nitrogens with zero attached hydrogens (tertiary/aromatic N) is 1. The van der Waals surface area contributed by atoms with Crippen molar-refractivity contribution in [1.29, 1.82) is 0 Å². The predicted molar refractivity (Wildman–Crippen MR) is 97.6 cm³/mol. The van der Waals surface area contributed by atoms with Crippen LogP contribution in [0.25, 0.3) is 0 Å². The van der Waals surface area contributed by atoms with Gasteiger partial charge in [-0.3, -0.25) is 9.59 Å². The molecule has 3 N–H and O–H groups in total. The van der Waals surface area contributed by atoms with Crippen LogP contribution in [0.3, 0.4) is 0 Å². The van der Waals surface area contributed by atoms with Gasteiger partial charge >= 0.3 is 0 Å². The molecule has 1 aromatic rings. The maximum absolute atomic E-state index is 12.9. The van der Waals surface area contributed by atoms with Crippen LogP contribution in [0, 0.1) is 17.7 Å². The Morgan fingerprint density at radius 3 is 2.32 bits per heavy atom. The SMILES string of the molecule is CC(N)C(C)C(=O)N1CCC(C(=O)NCc2ccc(F)cc2)CC1.Cl. The number of nitrogens with two attached hydrogens (primary N) is 1. The number of hydrogen-bond donors (Lipinski definition) is 2. The third kappa shape index (κ3) is 5.97. The van der Waals surface area contributed by atoms with E-state index in [4.69, 9.17) is 5.73 Å². The summed E-state index contributed by atoms with van der Waals surface area (Å²) in [6.45, 7) is 5.24. The second-order valence-electron chi connectivity index (χ2n) is 6.59. The number of benzene rings is 1. The van der Waals surface area contributed by atoms with Gasteiger partial charge in [-0.25, -0.2) is 4.39 Å². The fraction of sp³-hybridized carbons (Fsp3) is 0.556. The minimum Gasteiger partial charge on any atom is -0.352 e. The van der Waals surface area contributed by atoms with Crippen molar-refractivity contribution in [2.75, 3.05) is 13.1 Å². The molecule has 0 bridgehead atoms. The number of likely N-dealkylation sites (tertiary alicyclic amines) is 1. The number of rotatable bonds is 5. The highest BCUT2D eigenvalue weighted by Gasteiger charge is 2.30. The van der Waals surface area contributed by atoms with Gasteiger partial charge < -0.3 is 16.0 Å². The summed E-state index contributed by atoms with van der Waals surface area (Å²) in [7, 11) is 0. The largest absolute Gasteiger partial charge is 0.352 e. The highest BCUT2D eigenvalue weighted by atomic mass is 35.5. The second-order valence-corrected chi connectivity index (χ2v) is 6.59. The van der Waals surface area contributed by atoms with Crippen molar-refractivity contribution in [3.05, 3.63) is 35.6 Å². The monoisotopic (exact) mass is 371 g/mol. The molecule has 0 saturated carbocycles. The van der Waals surface area contributed by atoms with Crippen molar-refractivity contribution in [3.63, 3.8) is 0 Å². The van der Waals surface area contributed by atoms with Gasteiger partial charge in [0.15, 0.2) is 0 Å². The van der Waals surface area contributed by atoms with Crippen LogP contribution in [-0.2, 0) is 16.1 Å². The van der Waals surface area contributed by atoms with Gasteiger partial charge in [0, 0.05) is 31.6 Å². The Bertz CT molecular complexity index is 572. The van der Waals surface area contributed by atoms with E-state index in [1.165, 1.54) is 12.1 Å².